The summed E-state index contributed by atoms with van der Waals surface area (Å²) in [5, 5.41) is 8.84. The molecular weight excluding hydrogens is 232 g/mol. The van der Waals surface area contributed by atoms with E-state index in [1.54, 1.807) is 24.3 Å². The van der Waals surface area contributed by atoms with Crippen molar-refractivity contribution in [2.75, 3.05) is 0 Å². The Bertz CT molecular complexity index is 542. The molecule has 2 rings (SSSR count). The Hall–Kier alpha value is -2.07. The van der Waals surface area contributed by atoms with Gasteiger partial charge in [0.05, 0.1) is 5.56 Å². The zero-order valence-electron chi connectivity index (χ0n) is 10.1. The van der Waals surface area contributed by atoms with Gasteiger partial charge in [-0.25, -0.2) is 4.79 Å². The van der Waals surface area contributed by atoms with Gasteiger partial charge in [0, 0.05) is 0 Å². The summed E-state index contributed by atoms with van der Waals surface area (Å²) >= 11 is 0. The van der Waals surface area contributed by atoms with E-state index in [4.69, 9.17) is 14.3 Å². The number of rotatable bonds is 4. The average Bonchev–Trinajstić information content (AvgIpc) is 2.84. The Labute approximate surface area is 105 Å². The number of hydrogen-bond acceptors (Lipinski definition) is 4. The number of aryl methyl sites for hydroxylation is 1. The molecule has 18 heavy (non-hydrogen) atoms. The molecule has 0 atom stereocenters. The van der Waals surface area contributed by atoms with Crippen molar-refractivity contribution in [3.05, 3.63) is 59.0 Å². The van der Waals surface area contributed by atoms with Crippen LogP contribution < -0.4 is 0 Å². The minimum Gasteiger partial charge on any atom is -0.460 e. The number of carbonyl (C=O) groups is 1. The molecule has 2 aromatic rings. The van der Waals surface area contributed by atoms with Crippen LogP contribution in [0.15, 0.2) is 40.8 Å². The molecule has 94 valence electrons. The lowest BCUT2D eigenvalue weighted by Crippen LogP contribution is -2.06. The first kappa shape index (κ1) is 12.4. The number of ether oxygens (including phenoxy) is 1. The van der Waals surface area contributed by atoms with E-state index in [0.717, 1.165) is 5.56 Å². The molecule has 0 saturated heterocycles. The first-order chi connectivity index (χ1) is 8.70. The van der Waals surface area contributed by atoms with E-state index < -0.39 is 0 Å². The van der Waals surface area contributed by atoms with E-state index in [1.165, 1.54) is 0 Å². The molecular formula is C14H14O4. The van der Waals surface area contributed by atoms with Gasteiger partial charge in [-0.1, -0.05) is 18.2 Å². The largest absolute Gasteiger partial charge is 0.460 e. The molecule has 4 heteroatoms. The van der Waals surface area contributed by atoms with Crippen molar-refractivity contribution >= 4 is 5.97 Å². The molecule has 0 fully saturated rings. The van der Waals surface area contributed by atoms with Gasteiger partial charge < -0.3 is 14.3 Å². The first-order valence-corrected chi connectivity index (χ1v) is 5.62. The van der Waals surface area contributed by atoms with Crippen LogP contribution in [-0.2, 0) is 18.0 Å². The van der Waals surface area contributed by atoms with Gasteiger partial charge in [0.2, 0.25) is 0 Å². The summed E-state index contributed by atoms with van der Waals surface area (Å²) in [6.45, 7) is 1.76. The predicted octanol–water partition coefficient (Wildman–Crippen LogP) is 2.44. The second kappa shape index (κ2) is 5.51. The highest BCUT2D eigenvalue weighted by atomic mass is 16.5. The molecule has 0 aliphatic rings. The van der Waals surface area contributed by atoms with E-state index in [-0.39, 0.29) is 19.2 Å². The Morgan fingerprint density at radius 1 is 1.22 bits per heavy atom. The SMILES string of the molecule is Cc1ccccc1C(=O)OCc1ccc(CO)o1. The quantitative estimate of drug-likeness (QED) is 0.842. The fraction of sp³-hybridized carbons (Fsp3) is 0.214. The number of aliphatic hydroxyl groups excluding tert-OH is 1. The van der Waals surface area contributed by atoms with Crippen molar-refractivity contribution < 1.29 is 19.1 Å². The van der Waals surface area contributed by atoms with Gasteiger partial charge in [0.15, 0.2) is 0 Å². The maximum absolute atomic E-state index is 11.8. The topological polar surface area (TPSA) is 59.7 Å². The highest BCUT2D eigenvalue weighted by molar-refractivity contribution is 5.90. The third-order valence-corrected chi connectivity index (χ3v) is 2.58. The molecule has 0 bridgehead atoms. The van der Waals surface area contributed by atoms with Crippen LogP contribution in [0.1, 0.15) is 27.4 Å². The number of esters is 1. The lowest BCUT2D eigenvalue weighted by atomic mass is 10.1. The maximum Gasteiger partial charge on any atom is 0.338 e. The minimum absolute atomic E-state index is 0.0627. The second-order valence-electron chi connectivity index (χ2n) is 3.92. The number of carbonyl (C=O) groups excluding carboxylic acids is 1. The van der Waals surface area contributed by atoms with Gasteiger partial charge in [-0.3, -0.25) is 0 Å². The molecule has 0 spiro atoms. The van der Waals surface area contributed by atoms with Crippen LogP contribution >= 0.6 is 0 Å². The average molecular weight is 246 g/mol. The maximum atomic E-state index is 11.8. The molecule has 0 radical (unpaired) electrons. The molecule has 0 amide bonds. The predicted molar refractivity (Wildman–Crippen MR) is 64.9 cm³/mol. The van der Waals surface area contributed by atoms with Crippen molar-refractivity contribution in [2.24, 2.45) is 0 Å². The molecule has 1 aromatic heterocycles. The summed E-state index contributed by atoms with van der Waals surface area (Å²) in [4.78, 5) is 11.8. The van der Waals surface area contributed by atoms with E-state index in [9.17, 15) is 4.79 Å². The third kappa shape index (κ3) is 2.78. The molecule has 0 unspecified atom stereocenters. The van der Waals surface area contributed by atoms with E-state index in [2.05, 4.69) is 0 Å². The highest BCUT2D eigenvalue weighted by Gasteiger charge is 2.11. The molecule has 0 aliphatic heterocycles. The second-order valence-corrected chi connectivity index (χ2v) is 3.92. The number of aliphatic hydroxyl groups is 1. The van der Waals surface area contributed by atoms with Gasteiger partial charge in [0.1, 0.15) is 24.7 Å². The normalized spacial score (nSPS) is 10.3. The Morgan fingerprint density at radius 3 is 2.61 bits per heavy atom. The zero-order chi connectivity index (χ0) is 13.0. The van der Waals surface area contributed by atoms with E-state index in [0.29, 0.717) is 17.1 Å². The number of benzene rings is 1. The molecule has 0 saturated carbocycles. The minimum atomic E-state index is -0.380. The summed E-state index contributed by atoms with van der Waals surface area (Å²) in [5.74, 6) is 0.591. The van der Waals surface area contributed by atoms with Crippen molar-refractivity contribution in [3.8, 4) is 0 Å². The van der Waals surface area contributed by atoms with Crippen LogP contribution in [0.2, 0.25) is 0 Å². The van der Waals surface area contributed by atoms with Crippen molar-refractivity contribution in [2.45, 2.75) is 20.1 Å². The highest BCUT2D eigenvalue weighted by Crippen LogP contribution is 2.12. The molecule has 1 heterocycles. The van der Waals surface area contributed by atoms with Crippen LogP contribution in [-0.4, -0.2) is 11.1 Å². The molecule has 1 aromatic carbocycles. The van der Waals surface area contributed by atoms with Crippen LogP contribution in [0.5, 0.6) is 0 Å². The summed E-state index contributed by atoms with van der Waals surface area (Å²) < 4.78 is 10.4. The standard InChI is InChI=1S/C14H14O4/c1-10-4-2-3-5-13(10)14(16)17-9-12-7-6-11(8-15)18-12/h2-7,15H,8-9H2,1H3. The van der Waals surface area contributed by atoms with Gasteiger partial charge >= 0.3 is 5.97 Å². The van der Waals surface area contributed by atoms with Crippen molar-refractivity contribution in [1.82, 2.24) is 0 Å². The summed E-state index contributed by atoms with van der Waals surface area (Å²) in [7, 11) is 0. The monoisotopic (exact) mass is 246 g/mol. The summed E-state index contributed by atoms with van der Waals surface area (Å²) in [6.07, 6.45) is 0. The molecule has 4 nitrogen and oxygen atoms in total. The van der Waals surface area contributed by atoms with Crippen LogP contribution in [0.3, 0.4) is 0 Å². The smallest absolute Gasteiger partial charge is 0.338 e. The lowest BCUT2D eigenvalue weighted by Gasteiger charge is -2.05. The fourth-order valence-electron chi connectivity index (χ4n) is 1.60. The molecule has 0 aliphatic carbocycles. The third-order valence-electron chi connectivity index (χ3n) is 2.58. The van der Waals surface area contributed by atoms with Crippen molar-refractivity contribution in [3.63, 3.8) is 0 Å². The Balaban J connectivity index is 1.98. The Morgan fingerprint density at radius 2 is 1.94 bits per heavy atom. The summed E-state index contributed by atoms with van der Waals surface area (Å²) in [6, 6.07) is 10.6. The fourth-order valence-corrected chi connectivity index (χ4v) is 1.60. The van der Waals surface area contributed by atoms with Gasteiger partial charge in [-0.05, 0) is 30.7 Å². The van der Waals surface area contributed by atoms with Crippen LogP contribution in [0.4, 0.5) is 0 Å². The number of hydrogen-bond donors (Lipinski definition) is 1. The zero-order valence-corrected chi connectivity index (χ0v) is 10.1. The van der Waals surface area contributed by atoms with Crippen molar-refractivity contribution in [1.29, 1.82) is 0 Å². The van der Waals surface area contributed by atoms with Gasteiger partial charge in [-0.2, -0.15) is 0 Å². The van der Waals surface area contributed by atoms with Crippen LogP contribution in [0, 0.1) is 6.92 Å². The molecule has 1 N–H and O–H groups in total. The van der Waals surface area contributed by atoms with Crippen LogP contribution in [0.25, 0.3) is 0 Å². The lowest BCUT2D eigenvalue weighted by molar-refractivity contribution is 0.0441. The first-order valence-electron chi connectivity index (χ1n) is 5.62. The van der Waals surface area contributed by atoms with Gasteiger partial charge in [-0.15, -0.1) is 0 Å². The summed E-state index contributed by atoms with van der Waals surface area (Å²) in [5.41, 5.74) is 1.42. The van der Waals surface area contributed by atoms with E-state index in [1.807, 2.05) is 19.1 Å². The van der Waals surface area contributed by atoms with E-state index >= 15 is 0 Å². The van der Waals surface area contributed by atoms with Gasteiger partial charge in [0.25, 0.3) is 0 Å². The Kier molecular flexibility index (Phi) is 3.79. The number of furan rings is 1.